The van der Waals surface area contributed by atoms with E-state index in [0.29, 0.717) is 0 Å². The summed E-state index contributed by atoms with van der Waals surface area (Å²) in [5, 5.41) is 0. The van der Waals surface area contributed by atoms with E-state index in [0.717, 1.165) is 50.5 Å². The predicted molar refractivity (Wildman–Crippen MR) is 126 cm³/mol. The van der Waals surface area contributed by atoms with E-state index in [-0.39, 0.29) is 6.61 Å². The Kier molecular flexibility index (Phi) is 15.2. The van der Waals surface area contributed by atoms with Gasteiger partial charge in [-0.25, -0.2) is 9.13 Å². The van der Waals surface area contributed by atoms with E-state index in [2.05, 4.69) is 54.4 Å². The molecule has 0 aliphatic rings. The van der Waals surface area contributed by atoms with Crippen LogP contribution in [0, 0.1) is 0 Å². The lowest BCUT2D eigenvalue weighted by atomic mass is 10.0. The number of allylic oxidation sites excluding steroid dienone is 8. The summed E-state index contributed by atoms with van der Waals surface area (Å²) in [6.45, 7) is 11.8. The molecular formula is C22H38O7P2. The predicted octanol–water partition coefficient (Wildman–Crippen LogP) is 6.91. The maximum Gasteiger partial charge on any atom is 0.481 e. The van der Waals surface area contributed by atoms with Gasteiger partial charge in [0.15, 0.2) is 0 Å². The number of phosphoric acid groups is 2. The molecule has 0 spiro atoms. The van der Waals surface area contributed by atoms with E-state index in [9.17, 15) is 14.0 Å². The first-order chi connectivity index (χ1) is 14.3. The lowest BCUT2D eigenvalue weighted by Crippen LogP contribution is -1.94. The van der Waals surface area contributed by atoms with Crippen LogP contribution in [-0.2, 0) is 18.0 Å². The van der Waals surface area contributed by atoms with Crippen LogP contribution in [0.15, 0.2) is 59.3 Å². The summed E-state index contributed by atoms with van der Waals surface area (Å²) in [5.74, 6) is 0. The Bertz CT molecular complexity index is 769. The molecule has 0 aromatic heterocycles. The van der Waals surface area contributed by atoms with Crippen LogP contribution in [0.1, 0.15) is 72.6 Å². The van der Waals surface area contributed by atoms with Gasteiger partial charge >= 0.3 is 15.6 Å². The van der Waals surface area contributed by atoms with Gasteiger partial charge in [-0.05, 0) is 72.6 Å². The molecule has 0 bridgehead atoms. The fourth-order valence-corrected chi connectivity index (χ4v) is 4.23. The van der Waals surface area contributed by atoms with Crippen molar-refractivity contribution in [2.75, 3.05) is 6.61 Å². The molecule has 0 amide bonds. The monoisotopic (exact) mass is 476 g/mol. The second-order valence-corrected chi connectivity index (χ2v) is 10.5. The van der Waals surface area contributed by atoms with Crippen molar-refractivity contribution in [2.24, 2.45) is 0 Å². The van der Waals surface area contributed by atoms with E-state index < -0.39 is 15.6 Å². The summed E-state index contributed by atoms with van der Waals surface area (Å²) in [7, 11) is -9.89. The fraction of sp³-hybridized carbons (Fsp3) is 0.545. The minimum Gasteiger partial charge on any atom is -0.302 e. The minimum absolute atomic E-state index is 0.278. The third kappa shape index (κ3) is 19.4. The van der Waals surface area contributed by atoms with Crippen LogP contribution in [0.4, 0.5) is 0 Å². The van der Waals surface area contributed by atoms with Crippen molar-refractivity contribution < 1.29 is 32.6 Å². The third-order valence-electron chi connectivity index (χ3n) is 4.31. The van der Waals surface area contributed by atoms with Gasteiger partial charge < -0.3 is 14.7 Å². The molecule has 178 valence electrons. The lowest BCUT2D eigenvalue weighted by molar-refractivity contribution is 0.191. The summed E-state index contributed by atoms with van der Waals surface area (Å²) < 4.78 is 30.3. The lowest BCUT2D eigenvalue weighted by Gasteiger charge is -2.11. The van der Waals surface area contributed by atoms with Gasteiger partial charge in [0.2, 0.25) is 0 Å². The quantitative estimate of drug-likeness (QED) is 0.164. The van der Waals surface area contributed by atoms with Gasteiger partial charge in [-0.1, -0.05) is 52.7 Å². The molecule has 0 aliphatic heterocycles. The zero-order chi connectivity index (χ0) is 23.9. The van der Waals surface area contributed by atoms with Gasteiger partial charge in [-0.15, -0.1) is 6.58 Å². The average Bonchev–Trinajstić information content (AvgIpc) is 2.59. The van der Waals surface area contributed by atoms with Crippen molar-refractivity contribution in [3.8, 4) is 0 Å². The van der Waals surface area contributed by atoms with Crippen LogP contribution >= 0.6 is 15.6 Å². The normalized spacial score (nSPS) is 15.5. The Morgan fingerprint density at radius 2 is 1.39 bits per heavy atom. The minimum atomic E-state index is -5.09. The van der Waals surface area contributed by atoms with Crippen LogP contribution < -0.4 is 0 Å². The molecule has 0 aromatic carbocycles. The Balaban J connectivity index is 4.50. The van der Waals surface area contributed by atoms with Gasteiger partial charge in [0, 0.05) is 0 Å². The standard InChI is InChI=1S/C22H38O7P2/c1-6-10-22(15-8-13-20(4)12-7-11-19(2)3)16-9-14-21(5)17-18-28-31(26,27)29-30(23,24)25/h6,11,13,16-17H,1,7-10,12,14-15,18H2,2-5H3,(H,26,27)(H2,23,24,25)/b20-13+,21-17+,22-16+. The van der Waals surface area contributed by atoms with Crippen LogP contribution in [0.25, 0.3) is 0 Å². The second kappa shape index (κ2) is 15.7. The van der Waals surface area contributed by atoms with Crippen LogP contribution in [0.5, 0.6) is 0 Å². The highest BCUT2D eigenvalue weighted by Gasteiger charge is 2.31. The first kappa shape index (κ1) is 30.0. The maximum absolute atomic E-state index is 11.4. The maximum atomic E-state index is 11.4. The van der Waals surface area contributed by atoms with Crippen molar-refractivity contribution in [3.05, 3.63) is 59.3 Å². The van der Waals surface area contributed by atoms with Crippen molar-refractivity contribution in [1.29, 1.82) is 0 Å². The van der Waals surface area contributed by atoms with Gasteiger partial charge in [-0.3, -0.25) is 4.52 Å². The van der Waals surface area contributed by atoms with E-state index in [1.807, 2.05) is 13.0 Å². The number of hydrogen-bond donors (Lipinski definition) is 3. The summed E-state index contributed by atoms with van der Waals surface area (Å²) >= 11 is 0. The van der Waals surface area contributed by atoms with Crippen molar-refractivity contribution in [1.82, 2.24) is 0 Å². The molecule has 0 heterocycles. The molecule has 3 N–H and O–H groups in total. The summed E-state index contributed by atoms with van der Waals surface area (Å²) in [6.07, 6.45) is 16.7. The third-order valence-corrected chi connectivity index (χ3v) is 6.46. The second-order valence-electron chi connectivity index (χ2n) is 7.69. The molecule has 9 heteroatoms. The average molecular weight is 476 g/mol. The van der Waals surface area contributed by atoms with Gasteiger partial charge in [0.25, 0.3) is 0 Å². The van der Waals surface area contributed by atoms with E-state index in [1.54, 1.807) is 6.08 Å². The highest BCUT2D eigenvalue weighted by atomic mass is 31.3. The first-order valence-electron chi connectivity index (χ1n) is 10.3. The molecule has 1 atom stereocenters. The zero-order valence-electron chi connectivity index (χ0n) is 19.1. The van der Waals surface area contributed by atoms with Crippen molar-refractivity contribution in [2.45, 2.75) is 72.6 Å². The summed E-state index contributed by atoms with van der Waals surface area (Å²) in [6, 6.07) is 0. The molecule has 0 saturated carbocycles. The Hall–Kier alpha value is -1.04. The van der Waals surface area contributed by atoms with Crippen molar-refractivity contribution in [3.63, 3.8) is 0 Å². The summed E-state index contributed by atoms with van der Waals surface area (Å²) in [4.78, 5) is 26.4. The summed E-state index contributed by atoms with van der Waals surface area (Å²) in [5.41, 5.74) is 5.00. The van der Waals surface area contributed by atoms with Crippen LogP contribution in [0.2, 0.25) is 0 Å². The fourth-order valence-electron chi connectivity index (χ4n) is 2.71. The zero-order valence-corrected chi connectivity index (χ0v) is 20.9. The molecule has 0 fully saturated rings. The Labute approximate surface area is 187 Å². The number of rotatable bonds is 16. The topological polar surface area (TPSA) is 113 Å². The molecule has 31 heavy (non-hydrogen) atoms. The molecule has 0 aliphatic carbocycles. The highest BCUT2D eigenvalue weighted by molar-refractivity contribution is 7.60. The number of hydrogen-bond acceptors (Lipinski definition) is 4. The molecular weight excluding hydrogens is 438 g/mol. The van der Waals surface area contributed by atoms with Gasteiger partial charge in [0.05, 0.1) is 6.61 Å². The van der Waals surface area contributed by atoms with E-state index in [1.165, 1.54) is 16.7 Å². The molecule has 0 saturated heterocycles. The number of phosphoric ester groups is 1. The molecule has 0 aromatic rings. The smallest absolute Gasteiger partial charge is 0.302 e. The molecule has 1 unspecified atom stereocenters. The molecule has 0 rings (SSSR count). The Morgan fingerprint density at radius 3 is 1.94 bits per heavy atom. The SMILES string of the molecule is C=CC/C(=C\CC/C(C)=C/COP(=O)(O)OP(=O)(O)O)CC/C=C(\C)CCC=C(C)C. The van der Waals surface area contributed by atoms with Crippen molar-refractivity contribution >= 4 is 15.6 Å². The largest absolute Gasteiger partial charge is 0.481 e. The first-order valence-corrected chi connectivity index (χ1v) is 13.3. The van der Waals surface area contributed by atoms with Gasteiger partial charge in [-0.2, -0.15) is 4.31 Å². The highest BCUT2D eigenvalue weighted by Crippen LogP contribution is 2.57. The molecule has 0 radical (unpaired) electrons. The Morgan fingerprint density at radius 1 is 0.839 bits per heavy atom. The van der Waals surface area contributed by atoms with Crippen LogP contribution in [-0.4, -0.2) is 21.3 Å². The van der Waals surface area contributed by atoms with Gasteiger partial charge in [0.1, 0.15) is 0 Å². The molecule has 7 nitrogen and oxygen atoms in total. The van der Waals surface area contributed by atoms with E-state index in [4.69, 9.17) is 9.79 Å². The van der Waals surface area contributed by atoms with Crippen LogP contribution in [0.3, 0.4) is 0 Å². The van der Waals surface area contributed by atoms with E-state index >= 15 is 0 Å².